The number of anilines is 2. The number of piperidine rings is 1. The number of nitrogens with zero attached hydrogens (tertiary/aromatic N) is 4. The van der Waals surface area contributed by atoms with Gasteiger partial charge in [-0.25, -0.2) is 9.97 Å². The highest BCUT2D eigenvalue weighted by molar-refractivity contribution is 7.98. The number of aromatic nitrogens is 3. The summed E-state index contributed by atoms with van der Waals surface area (Å²) < 4.78 is 1.69. The Balaban J connectivity index is 1.43. The molecule has 3 heterocycles. The molecule has 0 radical (unpaired) electrons. The smallest absolute Gasteiger partial charge is 0.295 e. The standard InChI is InChI=1S/C28H29N5O2S/c1-19-10-12-20(13-11-19)17-33-25-24(9-4-14-29-25)31-26(28(33)35)32-15-5-6-21(18-32)27(34)30-22-7-3-8-23(16-22)36-2/h3-4,7-14,16,21H,5-6,15,17-18H2,1-2H3,(H,30,34)/t21-/m0/s1. The van der Waals surface area contributed by atoms with E-state index in [9.17, 15) is 9.59 Å². The number of fused-ring (bicyclic) bond motifs is 1. The number of pyridine rings is 1. The van der Waals surface area contributed by atoms with Crippen LogP contribution >= 0.6 is 11.8 Å². The van der Waals surface area contributed by atoms with Gasteiger partial charge in [0.15, 0.2) is 11.5 Å². The molecule has 5 rings (SSSR count). The third-order valence-corrected chi connectivity index (χ3v) is 7.30. The summed E-state index contributed by atoms with van der Waals surface area (Å²) >= 11 is 1.64. The summed E-state index contributed by atoms with van der Waals surface area (Å²) in [6.07, 6.45) is 5.28. The van der Waals surface area contributed by atoms with E-state index >= 15 is 0 Å². The highest BCUT2D eigenvalue weighted by Gasteiger charge is 2.29. The lowest BCUT2D eigenvalue weighted by Gasteiger charge is -2.32. The molecule has 2 aromatic heterocycles. The van der Waals surface area contributed by atoms with Crippen LogP contribution in [0, 0.1) is 12.8 Å². The first-order valence-electron chi connectivity index (χ1n) is 12.1. The molecule has 0 spiro atoms. The number of thioether (sulfide) groups is 1. The summed E-state index contributed by atoms with van der Waals surface area (Å²) in [6.45, 7) is 3.59. The molecule has 1 aliphatic rings. The lowest BCUT2D eigenvalue weighted by atomic mass is 9.97. The zero-order valence-electron chi connectivity index (χ0n) is 20.5. The molecule has 1 atom stereocenters. The number of aryl methyl sites for hydroxylation is 1. The Kier molecular flexibility index (Phi) is 7.04. The summed E-state index contributed by atoms with van der Waals surface area (Å²) in [5.74, 6) is 0.123. The maximum Gasteiger partial charge on any atom is 0.295 e. The zero-order valence-corrected chi connectivity index (χ0v) is 21.3. The monoisotopic (exact) mass is 499 g/mol. The van der Waals surface area contributed by atoms with Crippen LogP contribution in [0.4, 0.5) is 11.5 Å². The van der Waals surface area contributed by atoms with E-state index in [1.165, 1.54) is 5.56 Å². The molecule has 1 aliphatic heterocycles. The fourth-order valence-electron chi connectivity index (χ4n) is 4.62. The van der Waals surface area contributed by atoms with E-state index in [4.69, 9.17) is 4.98 Å². The first-order chi connectivity index (χ1) is 17.5. The molecule has 0 saturated carbocycles. The summed E-state index contributed by atoms with van der Waals surface area (Å²) in [5.41, 5.74) is 4.03. The largest absolute Gasteiger partial charge is 0.351 e. The predicted molar refractivity (Wildman–Crippen MR) is 146 cm³/mol. The van der Waals surface area contributed by atoms with Crippen LogP contribution in [0.15, 0.2) is 76.6 Å². The maximum absolute atomic E-state index is 13.7. The topological polar surface area (TPSA) is 80.1 Å². The van der Waals surface area contributed by atoms with Gasteiger partial charge < -0.3 is 10.2 Å². The first-order valence-corrected chi connectivity index (χ1v) is 13.4. The van der Waals surface area contributed by atoms with Crippen molar-refractivity contribution in [2.45, 2.75) is 31.2 Å². The van der Waals surface area contributed by atoms with E-state index in [1.54, 1.807) is 22.5 Å². The molecule has 0 aliphatic carbocycles. The fraction of sp³-hybridized carbons (Fsp3) is 0.286. The highest BCUT2D eigenvalue weighted by atomic mass is 32.2. The molecule has 1 saturated heterocycles. The van der Waals surface area contributed by atoms with Gasteiger partial charge in [0.1, 0.15) is 5.52 Å². The highest BCUT2D eigenvalue weighted by Crippen LogP contribution is 2.24. The lowest BCUT2D eigenvalue weighted by Crippen LogP contribution is -2.44. The van der Waals surface area contributed by atoms with Gasteiger partial charge in [-0.3, -0.25) is 14.2 Å². The average Bonchev–Trinajstić information content (AvgIpc) is 2.91. The molecule has 1 N–H and O–H groups in total. The Morgan fingerprint density at radius 2 is 1.97 bits per heavy atom. The normalized spacial score (nSPS) is 15.7. The van der Waals surface area contributed by atoms with Crippen molar-refractivity contribution in [3.8, 4) is 0 Å². The average molecular weight is 500 g/mol. The third-order valence-electron chi connectivity index (χ3n) is 6.57. The molecule has 0 unspecified atom stereocenters. The number of carbonyl (C=O) groups is 1. The summed E-state index contributed by atoms with van der Waals surface area (Å²) in [5, 5.41) is 3.06. The summed E-state index contributed by atoms with van der Waals surface area (Å²) in [6, 6.07) is 19.7. The SMILES string of the molecule is CSc1cccc(NC(=O)[C@H]2CCCN(c3nc4cccnc4n(Cc4ccc(C)cc4)c3=O)C2)c1. The zero-order chi connectivity index (χ0) is 25.1. The van der Waals surface area contributed by atoms with Crippen LogP contribution in [0.25, 0.3) is 11.2 Å². The van der Waals surface area contributed by atoms with Crippen LogP contribution in [-0.2, 0) is 11.3 Å². The molecular weight excluding hydrogens is 470 g/mol. The Labute approximate surface area is 214 Å². The van der Waals surface area contributed by atoms with E-state index in [0.29, 0.717) is 36.6 Å². The quantitative estimate of drug-likeness (QED) is 0.387. The summed E-state index contributed by atoms with van der Waals surface area (Å²) in [4.78, 5) is 39.1. The van der Waals surface area contributed by atoms with Crippen molar-refractivity contribution in [2.24, 2.45) is 5.92 Å². The van der Waals surface area contributed by atoms with Gasteiger partial charge in [-0.2, -0.15) is 0 Å². The van der Waals surface area contributed by atoms with E-state index in [2.05, 4.69) is 10.3 Å². The van der Waals surface area contributed by atoms with Crippen LogP contribution < -0.4 is 15.8 Å². The van der Waals surface area contributed by atoms with Crippen LogP contribution in [0.2, 0.25) is 0 Å². The molecule has 7 nitrogen and oxygen atoms in total. The van der Waals surface area contributed by atoms with Crippen molar-refractivity contribution in [1.29, 1.82) is 0 Å². The molecule has 1 fully saturated rings. The molecule has 36 heavy (non-hydrogen) atoms. The van der Waals surface area contributed by atoms with Crippen molar-refractivity contribution in [3.63, 3.8) is 0 Å². The minimum absolute atomic E-state index is 0.0274. The number of hydrogen-bond donors (Lipinski definition) is 1. The van der Waals surface area contributed by atoms with E-state index in [1.807, 2.05) is 78.7 Å². The number of carbonyl (C=O) groups excluding carboxylic acids is 1. The number of hydrogen-bond acceptors (Lipinski definition) is 6. The van der Waals surface area contributed by atoms with Gasteiger partial charge in [-0.1, -0.05) is 35.9 Å². The number of amides is 1. The first kappa shape index (κ1) is 24.1. The number of benzene rings is 2. The van der Waals surface area contributed by atoms with Crippen LogP contribution in [0.1, 0.15) is 24.0 Å². The van der Waals surface area contributed by atoms with Gasteiger partial charge in [0.2, 0.25) is 5.91 Å². The van der Waals surface area contributed by atoms with Gasteiger partial charge >= 0.3 is 0 Å². The van der Waals surface area contributed by atoms with Gasteiger partial charge in [-0.05, 0) is 61.9 Å². The molecule has 1 amide bonds. The van der Waals surface area contributed by atoms with E-state index in [0.717, 1.165) is 29.0 Å². The van der Waals surface area contributed by atoms with Crippen molar-refractivity contribution in [1.82, 2.24) is 14.5 Å². The summed E-state index contributed by atoms with van der Waals surface area (Å²) in [7, 11) is 0. The van der Waals surface area contributed by atoms with Crippen LogP contribution in [0.5, 0.6) is 0 Å². The Bertz CT molecular complexity index is 1450. The second-order valence-corrected chi connectivity index (χ2v) is 10.0. The number of rotatable bonds is 6. The second-order valence-electron chi connectivity index (χ2n) is 9.16. The lowest BCUT2D eigenvalue weighted by molar-refractivity contribution is -0.120. The van der Waals surface area contributed by atoms with Gasteiger partial charge in [-0.15, -0.1) is 11.8 Å². The Morgan fingerprint density at radius 1 is 1.14 bits per heavy atom. The molecular formula is C28H29N5O2S. The molecule has 184 valence electrons. The predicted octanol–water partition coefficient (Wildman–Crippen LogP) is 4.73. The third kappa shape index (κ3) is 5.14. The molecule has 0 bridgehead atoms. The maximum atomic E-state index is 13.7. The van der Waals surface area contributed by atoms with E-state index in [-0.39, 0.29) is 17.4 Å². The minimum atomic E-state index is -0.229. The molecule has 8 heteroatoms. The Hall–Kier alpha value is -3.65. The van der Waals surface area contributed by atoms with Crippen molar-refractivity contribution >= 4 is 40.3 Å². The minimum Gasteiger partial charge on any atom is -0.351 e. The van der Waals surface area contributed by atoms with E-state index < -0.39 is 0 Å². The molecule has 2 aromatic carbocycles. The van der Waals surface area contributed by atoms with Crippen LogP contribution in [0.3, 0.4) is 0 Å². The molecule has 4 aromatic rings. The Morgan fingerprint density at radius 3 is 2.78 bits per heavy atom. The van der Waals surface area contributed by atoms with Gasteiger partial charge in [0.25, 0.3) is 5.56 Å². The second kappa shape index (κ2) is 10.5. The van der Waals surface area contributed by atoms with Gasteiger partial charge in [0.05, 0.1) is 12.5 Å². The van der Waals surface area contributed by atoms with Crippen molar-refractivity contribution in [3.05, 3.63) is 88.3 Å². The van der Waals surface area contributed by atoms with Crippen molar-refractivity contribution in [2.75, 3.05) is 29.6 Å². The van der Waals surface area contributed by atoms with Crippen molar-refractivity contribution < 1.29 is 4.79 Å². The van der Waals surface area contributed by atoms with Crippen LogP contribution in [-0.4, -0.2) is 39.8 Å². The fourth-order valence-corrected chi connectivity index (χ4v) is 5.08. The number of nitrogens with one attached hydrogen (secondary N) is 1. The van der Waals surface area contributed by atoms with Gasteiger partial charge in [0, 0.05) is 29.9 Å².